The molecule has 1 rings (SSSR count). The lowest BCUT2D eigenvalue weighted by Gasteiger charge is -2.17. The Bertz CT molecular complexity index is 494. The summed E-state index contributed by atoms with van der Waals surface area (Å²) in [6.45, 7) is 6.51. The lowest BCUT2D eigenvalue weighted by Crippen LogP contribution is -2.12. The van der Waals surface area contributed by atoms with Crippen LogP contribution in [0.15, 0.2) is 60.0 Å². The van der Waals surface area contributed by atoms with E-state index in [-0.39, 0.29) is 0 Å². The summed E-state index contributed by atoms with van der Waals surface area (Å²) in [7, 11) is 4.20. The molecule has 0 N–H and O–H groups in total. The normalized spacial score (nSPS) is 13.2. The topological polar surface area (TPSA) is 16.1 Å². The highest BCUT2D eigenvalue weighted by molar-refractivity contribution is 5.27. The van der Waals surface area contributed by atoms with E-state index in [9.17, 15) is 0 Å². The molecule has 0 aliphatic heterocycles. The van der Waals surface area contributed by atoms with Crippen molar-refractivity contribution in [3.63, 3.8) is 0 Å². The predicted octanol–water partition coefficient (Wildman–Crippen LogP) is 4.62. The van der Waals surface area contributed by atoms with Crippen molar-refractivity contribution in [2.24, 2.45) is 5.92 Å². The lowest BCUT2D eigenvalue weighted by atomic mass is 10.0. The van der Waals surface area contributed by atoms with Crippen molar-refractivity contribution in [3.05, 3.63) is 65.7 Å². The highest BCUT2D eigenvalue weighted by Crippen LogP contribution is 2.15. The minimum absolute atomic E-state index is 0.539. The summed E-state index contributed by atoms with van der Waals surface area (Å²) >= 11 is 0. The Hall–Kier alpha value is -1.83. The molecule has 2 heteroatoms. The van der Waals surface area contributed by atoms with Crippen molar-refractivity contribution in [3.8, 4) is 0 Å². The maximum Gasteiger partial charge on any atom is 0.0407 e. The number of nitrogens with zero attached hydrogens (tertiary/aromatic N) is 2. The van der Waals surface area contributed by atoms with Gasteiger partial charge in [0.25, 0.3) is 0 Å². The minimum Gasteiger partial charge on any atom is -0.381 e. The molecule has 0 amide bonds. The van der Waals surface area contributed by atoms with Gasteiger partial charge in [-0.1, -0.05) is 38.1 Å². The van der Waals surface area contributed by atoms with Gasteiger partial charge in [-0.25, -0.2) is 0 Å². The highest BCUT2D eigenvalue weighted by atomic mass is 15.1. The van der Waals surface area contributed by atoms with E-state index >= 15 is 0 Å². The maximum absolute atomic E-state index is 4.39. The first-order valence-electron chi connectivity index (χ1n) is 7.65. The number of hydrogen-bond acceptors (Lipinski definition) is 2. The Kier molecular flexibility index (Phi) is 7.52. The SMILES string of the molecule is C\C=C/C(=C/C=C(/CCc1ccccn1)N(C)C)C(C)C. The lowest BCUT2D eigenvalue weighted by molar-refractivity contribution is 0.486. The molecule has 0 aromatic carbocycles. The van der Waals surface area contributed by atoms with Gasteiger partial charge in [-0.15, -0.1) is 0 Å². The molecule has 0 bridgehead atoms. The third kappa shape index (κ3) is 6.44. The van der Waals surface area contributed by atoms with Gasteiger partial charge in [0.15, 0.2) is 0 Å². The molecule has 0 aliphatic carbocycles. The molecule has 1 aromatic rings. The van der Waals surface area contributed by atoms with Crippen LogP contribution in [0.25, 0.3) is 0 Å². The molecule has 2 nitrogen and oxygen atoms in total. The molecule has 0 unspecified atom stereocenters. The van der Waals surface area contributed by atoms with Crippen LogP contribution in [0.4, 0.5) is 0 Å². The molecule has 0 saturated carbocycles. The first-order chi connectivity index (χ1) is 10.0. The predicted molar refractivity (Wildman–Crippen MR) is 92.1 cm³/mol. The fraction of sp³-hybridized carbons (Fsp3) is 0.421. The van der Waals surface area contributed by atoms with Crippen molar-refractivity contribution in [1.29, 1.82) is 0 Å². The van der Waals surface area contributed by atoms with E-state index in [4.69, 9.17) is 0 Å². The molecular weight excluding hydrogens is 256 g/mol. The van der Waals surface area contributed by atoms with Gasteiger partial charge < -0.3 is 4.90 Å². The van der Waals surface area contributed by atoms with Crippen LogP contribution in [0, 0.1) is 5.92 Å². The van der Waals surface area contributed by atoms with Crippen molar-refractivity contribution in [2.75, 3.05) is 14.1 Å². The van der Waals surface area contributed by atoms with Crippen LogP contribution >= 0.6 is 0 Å². The van der Waals surface area contributed by atoms with Gasteiger partial charge in [-0.2, -0.15) is 0 Å². The van der Waals surface area contributed by atoms with Gasteiger partial charge in [0, 0.05) is 31.7 Å². The van der Waals surface area contributed by atoms with E-state index in [0.717, 1.165) is 18.5 Å². The number of aryl methyl sites for hydroxylation is 1. The zero-order chi connectivity index (χ0) is 15.7. The smallest absolute Gasteiger partial charge is 0.0407 e. The second-order valence-electron chi connectivity index (χ2n) is 5.69. The summed E-state index contributed by atoms with van der Waals surface area (Å²) in [6.07, 6.45) is 12.6. The molecule has 0 fully saturated rings. The van der Waals surface area contributed by atoms with Gasteiger partial charge in [-0.3, -0.25) is 4.98 Å². The van der Waals surface area contributed by atoms with E-state index in [1.165, 1.54) is 11.3 Å². The molecule has 21 heavy (non-hydrogen) atoms. The van der Waals surface area contributed by atoms with Crippen molar-refractivity contribution < 1.29 is 0 Å². The summed E-state index contributed by atoms with van der Waals surface area (Å²) in [5.74, 6) is 0.539. The van der Waals surface area contributed by atoms with Crippen LogP contribution in [0.1, 0.15) is 32.9 Å². The maximum atomic E-state index is 4.39. The monoisotopic (exact) mass is 284 g/mol. The molecule has 1 aromatic heterocycles. The van der Waals surface area contributed by atoms with Crippen LogP contribution in [0.2, 0.25) is 0 Å². The molecule has 0 atom stereocenters. The number of allylic oxidation sites excluding steroid dienone is 6. The first kappa shape index (κ1) is 17.2. The van der Waals surface area contributed by atoms with E-state index in [1.54, 1.807) is 0 Å². The Balaban J connectivity index is 2.81. The standard InChI is InChI=1S/C19H28N2/c1-6-9-17(16(2)3)11-13-19(21(4)5)14-12-18-10-7-8-15-20-18/h6-11,13,15-16H,12,14H2,1-5H3/b9-6-,17-11-,19-13-. The van der Waals surface area contributed by atoms with Crippen LogP contribution in [-0.2, 0) is 6.42 Å². The Labute approximate surface area is 129 Å². The van der Waals surface area contributed by atoms with E-state index in [1.807, 2.05) is 18.3 Å². The van der Waals surface area contributed by atoms with Crippen molar-refractivity contribution in [2.45, 2.75) is 33.6 Å². The third-order valence-corrected chi connectivity index (χ3v) is 3.43. The summed E-state index contributed by atoms with van der Waals surface area (Å²) in [5, 5.41) is 0. The molecule has 0 radical (unpaired) electrons. The minimum atomic E-state index is 0.539. The summed E-state index contributed by atoms with van der Waals surface area (Å²) in [4.78, 5) is 6.58. The van der Waals surface area contributed by atoms with Crippen LogP contribution < -0.4 is 0 Å². The van der Waals surface area contributed by atoms with E-state index < -0.39 is 0 Å². The molecule has 0 aliphatic rings. The number of pyridine rings is 1. The highest BCUT2D eigenvalue weighted by Gasteiger charge is 2.02. The van der Waals surface area contributed by atoms with Crippen LogP contribution in [0.5, 0.6) is 0 Å². The average Bonchev–Trinajstić information content (AvgIpc) is 2.46. The molecule has 1 heterocycles. The van der Waals surface area contributed by atoms with E-state index in [0.29, 0.717) is 5.92 Å². The number of hydrogen-bond donors (Lipinski definition) is 0. The largest absolute Gasteiger partial charge is 0.381 e. The summed E-state index contributed by atoms with van der Waals surface area (Å²) in [6, 6.07) is 6.09. The molecule has 114 valence electrons. The summed E-state index contributed by atoms with van der Waals surface area (Å²) < 4.78 is 0. The van der Waals surface area contributed by atoms with Gasteiger partial charge >= 0.3 is 0 Å². The van der Waals surface area contributed by atoms with Crippen LogP contribution in [0.3, 0.4) is 0 Å². The van der Waals surface area contributed by atoms with Gasteiger partial charge in [0.05, 0.1) is 0 Å². The quantitative estimate of drug-likeness (QED) is 0.679. The Morgan fingerprint density at radius 3 is 2.52 bits per heavy atom. The number of aromatic nitrogens is 1. The van der Waals surface area contributed by atoms with Gasteiger partial charge in [0.2, 0.25) is 0 Å². The second kappa shape index (κ2) is 9.17. The molecular formula is C19H28N2. The zero-order valence-electron chi connectivity index (χ0n) is 14.0. The Morgan fingerprint density at radius 1 is 1.24 bits per heavy atom. The number of rotatable bonds is 7. The van der Waals surface area contributed by atoms with Crippen molar-refractivity contribution in [1.82, 2.24) is 9.88 Å². The zero-order valence-corrected chi connectivity index (χ0v) is 14.0. The van der Waals surface area contributed by atoms with E-state index in [2.05, 4.69) is 75.1 Å². The molecule has 0 saturated heterocycles. The van der Waals surface area contributed by atoms with Crippen LogP contribution in [-0.4, -0.2) is 24.0 Å². The first-order valence-corrected chi connectivity index (χ1v) is 7.65. The van der Waals surface area contributed by atoms with Gasteiger partial charge in [-0.05, 0) is 49.5 Å². The fourth-order valence-corrected chi connectivity index (χ4v) is 2.08. The Morgan fingerprint density at radius 2 is 2.00 bits per heavy atom. The third-order valence-electron chi connectivity index (χ3n) is 3.43. The van der Waals surface area contributed by atoms with Crippen molar-refractivity contribution >= 4 is 0 Å². The fourth-order valence-electron chi connectivity index (χ4n) is 2.08. The average molecular weight is 284 g/mol. The second-order valence-corrected chi connectivity index (χ2v) is 5.69. The molecule has 0 spiro atoms. The van der Waals surface area contributed by atoms with Gasteiger partial charge in [0.1, 0.15) is 0 Å². The summed E-state index contributed by atoms with van der Waals surface area (Å²) in [5.41, 5.74) is 3.82.